The van der Waals surface area contributed by atoms with Crippen LogP contribution in [-0.2, 0) is 9.59 Å². The number of aliphatic hydroxyl groups excluding tert-OH is 1. The van der Waals surface area contributed by atoms with Gasteiger partial charge in [-0.05, 0) is 48.0 Å². The van der Waals surface area contributed by atoms with Gasteiger partial charge < -0.3 is 9.84 Å². The lowest BCUT2D eigenvalue weighted by Crippen LogP contribution is -2.29. The van der Waals surface area contributed by atoms with E-state index in [9.17, 15) is 19.1 Å². The third-order valence-corrected chi connectivity index (χ3v) is 5.59. The van der Waals surface area contributed by atoms with Crippen LogP contribution in [0.4, 0.5) is 10.1 Å². The fourth-order valence-electron chi connectivity index (χ4n) is 3.62. The van der Waals surface area contributed by atoms with Gasteiger partial charge in [-0.25, -0.2) is 4.39 Å². The van der Waals surface area contributed by atoms with E-state index >= 15 is 0 Å². The van der Waals surface area contributed by atoms with Gasteiger partial charge in [-0.2, -0.15) is 0 Å². The van der Waals surface area contributed by atoms with Crippen LogP contribution in [0, 0.1) is 5.82 Å². The molecular weight excluding hydrogens is 465 g/mol. The number of benzene rings is 3. The van der Waals surface area contributed by atoms with Crippen LogP contribution >= 0.6 is 15.9 Å². The van der Waals surface area contributed by atoms with Crippen molar-refractivity contribution in [3.8, 4) is 5.75 Å². The minimum absolute atomic E-state index is 0.0789. The Morgan fingerprint density at radius 1 is 1.03 bits per heavy atom. The van der Waals surface area contributed by atoms with Crippen LogP contribution in [0.1, 0.15) is 17.2 Å². The van der Waals surface area contributed by atoms with E-state index in [1.807, 2.05) is 0 Å². The second-order valence-corrected chi connectivity index (χ2v) is 7.85. The second-order valence-electron chi connectivity index (χ2n) is 6.93. The van der Waals surface area contributed by atoms with Gasteiger partial charge >= 0.3 is 0 Å². The Bertz CT molecular complexity index is 1210. The molecule has 0 saturated carbocycles. The Hall–Kier alpha value is -3.45. The van der Waals surface area contributed by atoms with Gasteiger partial charge in [-0.1, -0.05) is 46.3 Å². The van der Waals surface area contributed by atoms with Gasteiger partial charge in [0.1, 0.15) is 17.3 Å². The first-order chi connectivity index (χ1) is 14.9. The molecule has 4 rings (SSSR count). The number of ketones is 1. The Morgan fingerprint density at radius 2 is 1.74 bits per heavy atom. The highest BCUT2D eigenvalue weighted by Crippen LogP contribution is 2.43. The molecule has 1 unspecified atom stereocenters. The first-order valence-electron chi connectivity index (χ1n) is 9.37. The van der Waals surface area contributed by atoms with E-state index < -0.39 is 23.5 Å². The van der Waals surface area contributed by atoms with E-state index in [0.717, 1.165) is 4.47 Å². The molecule has 1 aliphatic rings. The van der Waals surface area contributed by atoms with Crippen molar-refractivity contribution in [2.75, 3.05) is 12.0 Å². The molecule has 0 radical (unpaired) electrons. The summed E-state index contributed by atoms with van der Waals surface area (Å²) >= 11 is 3.33. The lowest BCUT2D eigenvalue weighted by atomic mass is 9.95. The minimum atomic E-state index is -0.958. The number of hydrogen-bond donors (Lipinski definition) is 1. The third-order valence-electron chi connectivity index (χ3n) is 5.06. The molecule has 1 aliphatic heterocycles. The molecule has 3 aromatic carbocycles. The smallest absolute Gasteiger partial charge is 0.300 e. The van der Waals surface area contributed by atoms with E-state index in [0.29, 0.717) is 16.9 Å². The summed E-state index contributed by atoms with van der Waals surface area (Å²) in [5.41, 5.74) is 1.06. The highest BCUT2D eigenvalue weighted by atomic mass is 79.9. The van der Waals surface area contributed by atoms with Gasteiger partial charge in [0.15, 0.2) is 0 Å². The highest BCUT2D eigenvalue weighted by Gasteiger charge is 2.47. The molecule has 1 atom stereocenters. The van der Waals surface area contributed by atoms with Gasteiger partial charge in [0.25, 0.3) is 11.7 Å². The largest absolute Gasteiger partial charge is 0.507 e. The first-order valence-corrected chi connectivity index (χ1v) is 10.2. The molecular formula is C24H17BrFNO4. The third kappa shape index (κ3) is 3.84. The molecule has 1 saturated heterocycles. The number of ether oxygens (including phenoxy) is 1. The maximum absolute atomic E-state index is 13.9. The topological polar surface area (TPSA) is 66.8 Å². The van der Waals surface area contributed by atoms with Gasteiger partial charge in [0.05, 0.1) is 18.7 Å². The van der Waals surface area contributed by atoms with E-state index in [4.69, 9.17) is 4.74 Å². The minimum Gasteiger partial charge on any atom is -0.507 e. The van der Waals surface area contributed by atoms with Gasteiger partial charge in [-0.15, -0.1) is 0 Å². The van der Waals surface area contributed by atoms with Crippen LogP contribution in [0.2, 0.25) is 0 Å². The molecule has 156 valence electrons. The monoisotopic (exact) mass is 481 g/mol. The Morgan fingerprint density at radius 3 is 2.42 bits per heavy atom. The molecule has 1 heterocycles. The second kappa shape index (κ2) is 8.35. The predicted octanol–water partition coefficient (Wildman–Crippen LogP) is 5.22. The van der Waals surface area contributed by atoms with Crippen LogP contribution in [0.5, 0.6) is 5.75 Å². The number of aliphatic hydroxyl groups is 1. The summed E-state index contributed by atoms with van der Waals surface area (Å²) in [6.45, 7) is 0. The number of halogens is 2. The molecule has 1 amide bonds. The maximum Gasteiger partial charge on any atom is 0.300 e. The van der Waals surface area contributed by atoms with Crippen molar-refractivity contribution >= 4 is 39.1 Å². The molecule has 7 heteroatoms. The first kappa shape index (κ1) is 20.8. The fourth-order valence-corrected chi connectivity index (χ4v) is 3.88. The molecule has 1 N–H and O–H groups in total. The van der Waals surface area contributed by atoms with Crippen molar-refractivity contribution in [3.05, 3.63) is 99.8 Å². The average Bonchev–Trinajstić information content (AvgIpc) is 3.04. The van der Waals surface area contributed by atoms with E-state index in [1.54, 1.807) is 54.6 Å². The van der Waals surface area contributed by atoms with E-state index in [2.05, 4.69) is 15.9 Å². The Labute approximate surface area is 186 Å². The average molecular weight is 482 g/mol. The fraction of sp³-hybridized carbons (Fsp3) is 0.0833. The number of nitrogens with zero attached hydrogens (tertiary/aromatic N) is 1. The zero-order valence-electron chi connectivity index (χ0n) is 16.4. The Kier molecular flexibility index (Phi) is 5.61. The molecule has 0 bridgehead atoms. The van der Waals surface area contributed by atoms with E-state index in [1.165, 1.54) is 30.2 Å². The van der Waals surface area contributed by atoms with Crippen LogP contribution < -0.4 is 9.64 Å². The molecule has 0 spiro atoms. The van der Waals surface area contributed by atoms with Crippen LogP contribution in [0.15, 0.2) is 82.8 Å². The van der Waals surface area contributed by atoms with Crippen molar-refractivity contribution in [1.82, 2.24) is 0 Å². The number of carbonyl (C=O) groups is 2. The molecule has 0 aromatic heterocycles. The number of Topliss-reactive ketones (excluding diaryl/α,β-unsaturated/α-hetero) is 1. The molecule has 5 nitrogen and oxygen atoms in total. The zero-order valence-corrected chi connectivity index (χ0v) is 18.0. The van der Waals surface area contributed by atoms with Gasteiger partial charge in [0, 0.05) is 15.7 Å². The van der Waals surface area contributed by atoms with Crippen molar-refractivity contribution in [2.45, 2.75) is 6.04 Å². The number of anilines is 1. The lowest BCUT2D eigenvalue weighted by Gasteiger charge is -2.25. The standard InChI is InChI=1S/C24H17BrFNO4/c1-31-19-7-2-4-15(12-19)21-20(22(28)14-8-10-16(25)11-9-14)23(29)24(30)27(21)18-6-3-5-17(26)13-18/h2-13,21,28H,1H3/b22-20+. The van der Waals surface area contributed by atoms with Crippen molar-refractivity contribution < 1.29 is 23.8 Å². The van der Waals surface area contributed by atoms with Crippen molar-refractivity contribution in [1.29, 1.82) is 0 Å². The molecule has 1 fully saturated rings. The molecule has 31 heavy (non-hydrogen) atoms. The Balaban J connectivity index is 1.96. The quantitative estimate of drug-likeness (QED) is 0.315. The van der Waals surface area contributed by atoms with Gasteiger partial charge in [0.2, 0.25) is 0 Å². The van der Waals surface area contributed by atoms with Gasteiger partial charge in [-0.3, -0.25) is 14.5 Å². The summed E-state index contributed by atoms with van der Waals surface area (Å²) in [6, 6.07) is 18.0. The molecule has 0 aliphatic carbocycles. The predicted molar refractivity (Wildman–Crippen MR) is 118 cm³/mol. The lowest BCUT2D eigenvalue weighted by molar-refractivity contribution is -0.132. The highest BCUT2D eigenvalue weighted by molar-refractivity contribution is 9.10. The maximum atomic E-state index is 13.9. The normalized spacial score (nSPS) is 17.8. The number of methoxy groups -OCH3 is 1. The summed E-state index contributed by atoms with van der Waals surface area (Å²) in [6.07, 6.45) is 0. The van der Waals surface area contributed by atoms with Crippen LogP contribution in [0.3, 0.4) is 0 Å². The summed E-state index contributed by atoms with van der Waals surface area (Å²) in [7, 11) is 1.50. The molecule has 3 aromatic rings. The van der Waals surface area contributed by atoms with Crippen LogP contribution in [-0.4, -0.2) is 23.9 Å². The van der Waals surface area contributed by atoms with Crippen molar-refractivity contribution in [3.63, 3.8) is 0 Å². The summed E-state index contributed by atoms with van der Waals surface area (Å²) in [5.74, 6) is -2.03. The summed E-state index contributed by atoms with van der Waals surface area (Å²) < 4.78 is 20.0. The number of rotatable bonds is 4. The van der Waals surface area contributed by atoms with Crippen molar-refractivity contribution in [2.24, 2.45) is 0 Å². The number of carbonyl (C=O) groups excluding carboxylic acids is 2. The zero-order chi connectivity index (χ0) is 22.1. The summed E-state index contributed by atoms with van der Waals surface area (Å²) in [5, 5.41) is 11.0. The summed E-state index contributed by atoms with van der Waals surface area (Å²) in [4.78, 5) is 27.3. The van der Waals surface area contributed by atoms with Crippen LogP contribution in [0.25, 0.3) is 5.76 Å². The number of amides is 1. The number of hydrogen-bond acceptors (Lipinski definition) is 4. The van der Waals surface area contributed by atoms with E-state index in [-0.39, 0.29) is 17.0 Å². The SMILES string of the molecule is COc1cccc(C2/C(=C(\O)c3ccc(Br)cc3)C(=O)C(=O)N2c2cccc(F)c2)c1.